The molecule has 0 spiro atoms. The lowest BCUT2D eigenvalue weighted by Gasteiger charge is -2.08. The first-order valence-electron chi connectivity index (χ1n) is 3.36. The summed E-state index contributed by atoms with van der Waals surface area (Å²) in [5, 5.41) is 0. The van der Waals surface area contributed by atoms with Gasteiger partial charge in [0.1, 0.15) is 0 Å². The first kappa shape index (κ1) is 11.1. The average molecular weight is 320 g/mol. The van der Waals surface area contributed by atoms with E-state index in [4.69, 9.17) is 11.6 Å². The summed E-state index contributed by atoms with van der Waals surface area (Å²) in [7, 11) is 0. The zero-order chi connectivity index (χ0) is 10.1. The molecule has 0 N–H and O–H groups in total. The van der Waals surface area contributed by atoms with Crippen molar-refractivity contribution in [2.24, 2.45) is 0 Å². The smallest absolute Gasteiger partial charge is 0.166 e. The highest BCUT2D eigenvalue weighted by atomic mass is 127. The summed E-state index contributed by atoms with van der Waals surface area (Å²) in [6.45, 7) is 0. The second-order valence-corrected chi connectivity index (χ2v) is 3.87. The van der Waals surface area contributed by atoms with Crippen molar-refractivity contribution in [1.29, 1.82) is 0 Å². The van der Waals surface area contributed by atoms with Gasteiger partial charge >= 0.3 is 6.18 Å². The molecule has 1 aromatic rings. The molecule has 0 fully saturated rings. The lowest BCUT2D eigenvalue weighted by molar-refractivity contribution is -0.137. The van der Waals surface area contributed by atoms with Gasteiger partial charge in [-0.15, -0.1) is 11.6 Å². The third-order valence-corrected chi connectivity index (χ3v) is 2.86. The van der Waals surface area contributed by atoms with Gasteiger partial charge in [-0.25, -0.2) is 0 Å². The fraction of sp³-hybridized carbons (Fsp3) is 0.250. The van der Waals surface area contributed by atoms with Crippen LogP contribution in [-0.4, -0.2) is 0 Å². The van der Waals surface area contributed by atoms with E-state index in [0.29, 0.717) is 5.56 Å². The maximum atomic E-state index is 12.2. The SMILES string of the molecule is FC(F)(F)c1ccc(I)c(CCl)c1. The van der Waals surface area contributed by atoms with Gasteiger partial charge in [-0.3, -0.25) is 0 Å². The van der Waals surface area contributed by atoms with Gasteiger partial charge in [0.05, 0.1) is 5.56 Å². The molecular formula is C8H5ClF3I. The van der Waals surface area contributed by atoms with E-state index < -0.39 is 11.7 Å². The van der Waals surface area contributed by atoms with E-state index in [-0.39, 0.29) is 5.88 Å². The summed E-state index contributed by atoms with van der Waals surface area (Å²) in [6, 6.07) is 3.55. The number of halogens is 5. The van der Waals surface area contributed by atoms with Crippen LogP contribution in [0.3, 0.4) is 0 Å². The minimum Gasteiger partial charge on any atom is -0.166 e. The van der Waals surface area contributed by atoms with E-state index in [9.17, 15) is 13.2 Å². The van der Waals surface area contributed by atoms with E-state index in [2.05, 4.69) is 0 Å². The lowest BCUT2D eigenvalue weighted by Crippen LogP contribution is -2.05. The van der Waals surface area contributed by atoms with Crippen molar-refractivity contribution in [1.82, 2.24) is 0 Å². The zero-order valence-corrected chi connectivity index (χ0v) is 9.24. The molecule has 0 unspecified atom stereocenters. The minimum atomic E-state index is -4.29. The monoisotopic (exact) mass is 320 g/mol. The number of hydrogen-bond acceptors (Lipinski definition) is 0. The van der Waals surface area contributed by atoms with E-state index in [1.54, 1.807) is 0 Å². The van der Waals surface area contributed by atoms with Gasteiger partial charge in [0.15, 0.2) is 0 Å². The maximum absolute atomic E-state index is 12.2. The molecule has 0 nitrogen and oxygen atoms in total. The van der Waals surface area contributed by atoms with Crippen LogP contribution in [0.25, 0.3) is 0 Å². The largest absolute Gasteiger partial charge is 0.416 e. The average Bonchev–Trinajstić information content (AvgIpc) is 2.03. The molecule has 0 saturated heterocycles. The molecular weight excluding hydrogens is 315 g/mol. The molecule has 0 radical (unpaired) electrons. The van der Waals surface area contributed by atoms with Crippen molar-refractivity contribution in [2.45, 2.75) is 12.1 Å². The normalized spacial score (nSPS) is 11.8. The molecule has 0 heterocycles. The molecule has 5 heteroatoms. The van der Waals surface area contributed by atoms with Crippen molar-refractivity contribution in [2.75, 3.05) is 0 Å². The molecule has 72 valence electrons. The molecule has 0 amide bonds. The number of rotatable bonds is 1. The summed E-state index contributed by atoms with van der Waals surface area (Å²) in [5.41, 5.74) is -0.138. The summed E-state index contributed by atoms with van der Waals surface area (Å²) < 4.78 is 37.3. The first-order chi connectivity index (χ1) is 5.95. The van der Waals surface area contributed by atoms with Crippen molar-refractivity contribution in [3.05, 3.63) is 32.9 Å². The lowest BCUT2D eigenvalue weighted by atomic mass is 10.1. The number of alkyl halides is 4. The van der Waals surface area contributed by atoms with Crippen molar-refractivity contribution < 1.29 is 13.2 Å². The van der Waals surface area contributed by atoms with Gasteiger partial charge in [-0.2, -0.15) is 13.2 Å². The number of benzene rings is 1. The first-order valence-corrected chi connectivity index (χ1v) is 4.98. The molecule has 13 heavy (non-hydrogen) atoms. The molecule has 0 aliphatic rings. The van der Waals surface area contributed by atoms with Gasteiger partial charge in [-0.1, -0.05) is 0 Å². The summed E-state index contributed by atoms with van der Waals surface area (Å²) in [5.74, 6) is 0.0994. The quantitative estimate of drug-likeness (QED) is 0.541. The highest BCUT2D eigenvalue weighted by Crippen LogP contribution is 2.31. The second kappa shape index (κ2) is 4.04. The molecule has 0 saturated carbocycles. The van der Waals surface area contributed by atoms with Crippen LogP contribution in [0, 0.1) is 3.57 Å². The molecule has 0 aliphatic carbocycles. The Morgan fingerprint density at radius 2 is 1.92 bits per heavy atom. The minimum absolute atomic E-state index is 0.0994. The molecule has 0 atom stereocenters. The van der Waals surface area contributed by atoms with Gasteiger partial charge in [0, 0.05) is 9.45 Å². The molecule has 1 rings (SSSR count). The topological polar surface area (TPSA) is 0 Å². The summed E-state index contributed by atoms with van der Waals surface area (Å²) in [4.78, 5) is 0. The second-order valence-electron chi connectivity index (χ2n) is 2.44. The fourth-order valence-electron chi connectivity index (χ4n) is 0.853. The van der Waals surface area contributed by atoms with Crippen LogP contribution >= 0.6 is 34.2 Å². The van der Waals surface area contributed by atoms with Crippen LogP contribution in [0.4, 0.5) is 13.2 Å². The highest BCUT2D eigenvalue weighted by molar-refractivity contribution is 14.1. The Morgan fingerprint density at radius 3 is 2.38 bits per heavy atom. The van der Waals surface area contributed by atoms with Gasteiger partial charge in [0.25, 0.3) is 0 Å². The Labute approximate surface area is 92.2 Å². The van der Waals surface area contributed by atoms with Crippen LogP contribution in [0.2, 0.25) is 0 Å². The Morgan fingerprint density at radius 1 is 1.31 bits per heavy atom. The predicted molar refractivity (Wildman–Crippen MR) is 53.7 cm³/mol. The van der Waals surface area contributed by atoms with E-state index in [1.165, 1.54) is 6.07 Å². The molecule has 0 bridgehead atoms. The van der Waals surface area contributed by atoms with Crippen LogP contribution in [0.15, 0.2) is 18.2 Å². The highest BCUT2D eigenvalue weighted by Gasteiger charge is 2.30. The zero-order valence-electron chi connectivity index (χ0n) is 6.33. The van der Waals surface area contributed by atoms with Crippen LogP contribution < -0.4 is 0 Å². The van der Waals surface area contributed by atoms with Crippen molar-refractivity contribution in [3.8, 4) is 0 Å². The van der Waals surface area contributed by atoms with Crippen molar-refractivity contribution in [3.63, 3.8) is 0 Å². The van der Waals surface area contributed by atoms with Gasteiger partial charge < -0.3 is 0 Å². The Bertz CT molecular complexity index is 309. The van der Waals surface area contributed by atoms with Gasteiger partial charge in [0.2, 0.25) is 0 Å². The number of hydrogen-bond donors (Lipinski definition) is 0. The molecule has 1 aromatic carbocycles. The standard InChI is InChI=1S/C8H5ClF3I/c9-4-5-3-6(8(10,11)12)1-2-7(5)13/h1-3H,4H2. The fourth-order valence-corrected chi connectivity index (χ4v) is 1.83. The third kappa shape index (κ3) is 2.74. The van der Waals surface area contributed by atoms with Crippen LogP contribution in [0.1, 0.15) is 11.1 Å². The van der Waals surface area contributed by atoms with E-state index >= 15 is 0 Å². The molecule has 0 aliphatic heterocycles. The predicted octanol–water partition coefficient (Wildman–Crippen LogP) is 4.05. The third-order valence-electron chi connectivity index (χ3n) is 1.52. The Kier molecular flexibility index (Phi) is 3.45. The van der Waals surface area contributed by atoms with Crippen molar-refractivity contribution >= 4 is 34.2 Å². The maximum Gasteiger partial charge on any atom is 0.416 e. The van der Waals surface area contributed by atoms with Crippen LogP contribution in [-0.2, 0) is 12.1 Å². The Balaban J connectivity index is 3.14. The summed E-state index contributed by atoms with van der Waals surface area (Å²) in [6.07, 6.45) is -4.29. The van der Waals surface area contributed by atoms with Gasteiger partial charge in [-0.05, 0) is 46.4 Å². The van der Waals surface area contributed by atoms with Crippen LogP contribution in [0.5, 0.6) is 0 Å². The Hall–Kier alpha value is 0.0300. The molecule has 0 aromatic heterocycles. The van der Waals surface area contributed by atoms with E-state index in [0.717, 1.165) is 15.7 Å². The summed E-state index contributed by atoms with van der Waals surface area (Å²) >= 11 is 7.44. The van der Waals surface area contributed by atoms with E-state index in [1.807, 2.05) is 22.6 Å².